The minimum atomic E-state index is -0.613. The SMILES string of the molecule is COC(=O)c1cccc(NCC(O)c2ccc(C(C)C)cc2)c1. The standard InChI is InChI=1S/C19H23NO3/c1-13(2)14-7-9-15(10-8-14)18(21)12-20-17-6-4-5-16(11-17)19(22)23-3/h4-11,13,18,20-21H,12H2,1-3H3. The Labute approximate surface area is 137 Å². The van der Waals surface area contributed by atoms with E-state index >= 15 is 0 Å². The Hall–Kier alpha value is -2.33. The van der Waals surface area contributed by atoms with Crippen LogP contribution in [0.4, 0.5) is 5.69 Å². The fourth-order valence-electron chi connectivity index (χ4n) is 2.31. The van der Waals surface area contributed by atoms with Crippen molar-refractivity contribution >= 4 is 11.7 Å². The van der Waals surface area contributed by atoms with Crippen LogP contribution in [0, 0.1) is 0 Å². The smallest absolute Gasteiger partial charge is 0.337 e. The molecule has 0 heterocycles. The summed E-state index contributed by atoms with van der Waals surface area (Å²) in [6.07, 6.45) is -0.613. The number of aliphatic hydroxyl groups is 1. The molecule has 4 heteroatoms. The van der Waals surface area contributed by atoms with Crippen LogP contribution in [-0.4, -0.2) is 24.7 Å². The van der Waals surface area contributed by atoms with Crippen LogP contribution >= 0.6 is 0 Å². The van der Waals surface area contributed by atoms with Gasteiger partial charge in [0.15, 0.2) is 0 Å². The van der Waals surface area contributed by atoms with E-state index in [-0.39, 0.29) is 5.97 Å². The first-order chi connectivity index (χ1) is 11.0. The number of aliphatic hydroxyl groups excluding tert-OH is 1. The highest BCUT2D eigenvalue weighted by molar-refractivity contribution is 5.90. The molecule has 2 rings (SSSR count). The molecule has 1 atom stereocenters. The molecule has 4 nitrogen and oxygen atoms in total. The molecule has 0 aliphatic carbocycles. The van der Waals surface area contributed by atoms with Crippen molar-refractivity contribution in [3.8, 4) is 0 Å². The van der Waals surface area contributed by atoms with Crippen molar-refractivity contribution in [1.82, 2.24) is 0 Å². The van der Waals surface area contributed by atoms with E-state index in [0.29, 0.717) is 18.0 Å². The van der Waals surface area contributed by atoms with Crippen LogP contribution in [0.1, 0.15) is 47.4 Å². The summed E-state index contributed by atoms with van der Waals surface area (Å²) >= 11 is 0. The zero-order valence-corrected chi connectivity index (χ0v) is 13.7. The summed E-state index contributed by atoms with van der Waals surface area (Å²) < 4.78 is 4.70. The van der Waals surface area contributed by atoms with Crippen LogP contribution in [0.5, 0.6) is 0 Å². The van der Waals surface area contributed by atoms with E-state index in [1.165, 1.54) is 12.7 Å². The minimum Gasteiger partial charge on any atom is -0.465 e. The second-order valence-electron chi connectivity index (χ2n) is 5.79. The van der Waals surface area contributed by atoms with E-state index in [1.54, 1.807) is 18.2 Å². The molecule has 0 aromatic heterocycles. The van der Waals surface area contributed by atoms with Gasteiger partial charge in [-0.25, -0.2) is 4.79 Å². The van der Waals surface area contributed by atoms with Gasteiger partial charge in [0.25, 0.3) is 0 Å². The summed E-state index contributed by atoms with van der Waals surface area (Å²) in [5.74, 6) is 0.0962. The van der Waals surface area contributed by atoms with Crippen molar-refractivity contribution < 1.29 is 14.6 Å². The predicted molar refractivity (Wildman–Crippen MR) is 91.8 cm³/mol. The maximum atomic E-state index is 11.5. The maximum absolute atomic E-state index is 11.5. The largest absolute Gasteiger partial charge is 0.465 e. The van der Waals surface area contributed by atoms with Crippen LogP contribution in [0.25, 0.3) is 0 Å². The van der Waals surface area contributed by atoms with Gasteiger partial charge >= 0.3 is 5.97 Å². The summed E-state index contributed by atoms with van der Waals surface area (Å²) in [5.41, 5.74) is 3.37. The van der Waals surface area contributed by atoms with Gasteiger partial charge in [0, 0.05) is 12.2 Å². The molecule has 0 aliphatic heterocycles. The molecule has 0 bridgehead atoms. The molecule has 2 aromatic rings. The van der Waals surface area contributed by atoms with Crippen molar-refractivity contribution in [3.05, 3.63) is 65.2 Å². The molecular formula is C19H23NO3. The molecular weight excluding hydrogens is 290 g/mol. The maximum Gasteiger partial charge on any atom is 0.337 e. The molecule has 0 saturated heterocycles. The van der Waals surface area contributed by atoms with Crippen molar-refractivity contribution in [1.29, 1.82) is 0 Å². The van der Waals surface area contributed by atoms with Gasteiger partial charge in [0.2, 0.25) is 0 Å². The number of benzene rings is 2. The lowest BCUT2D eigenvalue weighted by Gasteiger charge is -2.15. The Morgan fingerprint density at radius 3 is 2.39 bits per heavy atom. The summed E-state index contributed by atoms with van der Waals surface area (Å²) in [6.45, 7) is 4.65. The van der Waals surface area contributed by atoms with E-state index in [4.69, 9.17) is 4.74 Å². The number of carbonyl (C=O) groups excluding carboxylic acids is 1. The zero-order valence-electron chi connectivity index (χ0n) is 13.7. The number of hydrogen-bond donors (Lipinski definition) is 2. The van der Waals surface area contributed by atoms with Crippen LogP contribution in [0.15, 0.2) is 48.5 Å². The lowest BCUT2D eigenvalue weighted by molar-refractivity contribution is 0.0601. The highest BCUT2D eigenvalue weighted by Crippen LogP contribution is 2.20. The van der Waals surface area contributed by atoms with Crippen molar-refractivity contribution in [2.24, 2.45) is 0 Å². The molecule has 1 unspecified atom stereocenters. The zero-order chi connectivity index (χ0) is 16.8. The number of nitrogens with one attached hydrogen (secondary N) is 1. The molecule has 0 fully saturated rings. The van der Waals surface area contributed by atoms with Crippen LogP contribution in [0.2, 0.25) is 0 Å². The van der Waals surface area contributed by atoms with Crippen molar-refractivity contribution in [2.75, 3.05) is 19.0 Å². The number of methoxy groups -OCH3 is 1. The summed E-state index contributed by atoms with van der Waals surface area (Å²) in [6, 6.07) is 15.0. The number of carbonyl (C=O) groups is 1. The Bertz CT molecular complexity index is 650. The topological polar surface area (TPSA) is 58.6 Å². The minimum absolute atomic E-state index is 0.367. The normalized spacial score (nSPS) is 12.0. The predicted octanol–water partition coefficient (Wildman–Crippen LogP) is 3.74. The average molecular weight is 313 g/mol. The average Bonchev–Trinajstić information content (AvgIpc) is 2.59. The molecule has 0 saturated carbocycles. The Morgan fingerprint density at radius 2 is 1.78 bits per heavy atom. The van der Waals surface area contributed by atoms with Gasteiger partial charge in [-0.2, -0.15) is 0 Å². The van der Waals surface area contributed by atoms with Gasteiger partial charge in [-0.15, -0.1) is 0 Å². The fourth-order valence-corrected chi connectivity index (χ4v) is 2.31. The first kappa shape index (κ1) is 17.0. The monoisotopic (exact) mass is 313 g/mol. The Balaban J connectivity index is 1.98. The van der Waals surface area contributed by atoms with Crippen molar-refractivity contribution in [3.63, 3.8) is 0 Å². The quantitative estimate of drug-likeness (QED) is 0.798. The van der Waals surface area contributed by atoms with Crippen LogP contribution in [-0.2, 0) is 4.74 Å². The Kier molecular flexibility index (Phi) is 5.77. The van der Waals surface area contributed by atoms with E-state index in [1.807, 2.05) is 30.3 Å². The number of anilines is 1. The fraction of sp³-hybridized carbons (Fsp3) is 0.316. The summed E-state index contributed by atoms with van der Waals surface area (Å²) in [4.78, 5) is 11.5. The summed E-state index contributed by atoms with van der Waals surface area (Å²) in [7, 11) is 1.35. The van der Waals surface area contributed by atoms with Crippen LogP contribution < -0.4 is 5.32 Å². The third kappa shape index (κ3) is 4.57. The number of hydrogen-bond acceptors (Lipinski definition) is 4. The van der Waals surface area contributed by atoms with Gasteiger partial charge in [0.05, 0.1) is 18.8 Å². The van der Waals surface area contributed by atoms with Gasteiger partial charge < -0.3 is 15.2 Å². The number of rotatable bonds is 6. The third-order valence-corrected chi connectivity index (χ3v) is 3.77. The van der Waals surface area contributed by atoms with Crippen LogP contribution in [0.3, 0.4) is 0 Å². The second kappa shape index (κ2) is 7.79. The van der Waals surface area contributed by atoms with E-state index in [0.717, 1.165) is 11.3 Å². The number of esters is 1. The molecule has 2 N–H and O–H groups in total. The molecule has 122 valence electrons. The van der Waals surface area contributed by atoms with Gasteiger partial charge in [0.1, 0.15) is 0 Å². The molecule has 0 amide bonds. The molecule has 23 heavy (non-hydrogen) atoms. The van der Waals surface area contributed by atoms with Gasteiger partial charge in [-0.05, 0) is 35.2 Å². The van der Waals surface area contributed by atoms with Crippen molar-refractivity contribution in [2.45, 2.75) is 25.9 Å². The van der Waals surface area contributed by atoms with Gasteiger partial charge in [-0.3, -0.25) is 0 Å². The lowest BCUT2D eigenvalue weighted by atomic mass is 10.00. The first-order valence-corrected chi connectivity index (χ1v) is 7.71. The summed E-state index contributed by atoms with van der Waals surface area (Å²) in [5, 5.41) is 13.4. The van der Waals surface area contributed by atoms with E-state index in [2.05, 4.69) is 19.2 Å². The van der Waals surface area contributed by atoms with Gasteiger partial charge in [-0.1, -0.05) is 44.2 Å². The highest BCUT2D eigenvalue weighted by Gasteiger charge is 2.09. The molecule has 0 spiro atoms. The van der Waals surface area contributed by atoms with E-state index in [9.17, 15) is 9.90 Å². The second-order valence-corrected chi connectivity index (χ2v) is 5.79. The highest BCUT2D eigenvalue weighted by atomic mass is 16.5. The van der Waals surface area contributed by atoms with E-state index < -0.39 is 6.10 Å². The third-order valence-electron chi connectivity index (χ3n) is 3.77. The first-order valence-electron chi connectivity index (χ1n) is 7.71. The number of ether oxygens (including phenoxy) is 1. The molecule has 0 aliphatic rings. The molecule has 0 radical (unpaired) electrons. The lowest BCUT2D eigenvalue weighted by Crippen LogP contribution is -2.12. The molecule has 2 aromatic carbocycles. The Morgan fingerprint density at radius 1 is 1.13 bits per heavy atom.